The summed E-state index contributed by atoms with van der Waals surface area (Å²) in [4.78, 5) is 0. The second-order valence-electron chi connectivity index (χ2n) is 9.26. The molecule has 9 heteroatoms. The highest BCUT2D eigenvalue weighted by Gasteiger charge is 2.65. The second-order valence-corrected chi connectivity index (χ2v) is 9.26. The van der Waals surface area contributed by atoms with Crippen LogP contribution in [-0.2, 0) is 11.8 Å². The Morgan fingerprint density at radius 1 is 0.857 bits per heavy atom. The van der Waals surface area contributed by atoms with E-state index in [4.69, 9.17) is 9.47 Å². The van der Waals surface area contributed by atoms with Crippen molar-refractivity contribution in [1.82, 2.24) is 0 Å². The zero-order chi connectivity index (χ0) is 25.5. The highest BCUT2D eigenvalue weighted by atomic mass is 19.3. The Hall–Kier alpha value is -2.42. The summed E-state index contributed by atoms with van der Waals surface area (Å²) in [5.41, 5.74) is -4.26. The maximum Gasteiger partial charge on any atom is 0.343 e. The monoisotopic (exact) mass is 502 g/mol. The van der Waals surface area contributed by atoms with Crippen molar-refractivity contribution < 1.29 is 40.9 Å². The van der Waals surface area contributed by atoms with Crippen LogP contribution >= 0.6 is 0 Å². The van der Waals surface area contributed by atoms with Gasteiger partial charge in [-0.05, 0) is 73.9 Å². The minimum absolute atomic E-state index is 0.0633. The van der Waals surface area contributed by atoms with Gasteiger partial charge in [0.25, 0.3) is 0 Å². The SMILES string of the molecule is CCCC1CCC(C(O)Oc2ccc3c(c2F)C(F)(F)C(F)(F)c2c-3ccc(OCC)c2F)CC1. The Kier molecular flexibility index (Phi) is 7.01. The smallest absolute Gasteiger partial charge is 0.343 e. The molecule has 1 N–H and O–H groups in total. The maximum absolute atomic E-state index is 15.3. The van der Waals surface area contributed by atoms with Crippen molar-refractivity contribution in [2.75, 3.05) is 6.61 Å². The summed E-state index contributed by atoms with van der Waals surface area (Å²) in [5.74, 6) is -14.6. The average molecular weight is 502 g/mol. The van der Waals surface area contributed by atoms with Crippen molar-refractivity contribution >= 4 is 0 Å². The molecule has 4 rings (SSSR count). The predicted octanol–water partition coefficient (Wildman–Crippen LogP) is 7.53. The molecule has 1 fully saturated rings. The largest absolute Gasteiger partial charge is 0.491 e. The van der Waals surface area contributed by atoms with Crippen LogP contribution in [0.25, 0.3) is 11.1 Å². The Morgan fingerprint density at radius 2 is 1.37 bits per heavy atom. The fourth-order valence-electron chi connectivity index (χ4n) is 5.25. The molecule has 2 aromatic rings. The number of alkyl halides is 4. The molecule has 0 bridgehead atoms. The molecule has 0 saturated heterocycles. The lowest BCUT2D eigenvalue weighted by Gasteiger charge is -2.36. The molecule has 2 aliphatic carbocycles. The number of rotatable bonds is 7. The van der Waals surface area contributed by atoms with Crippen molar-refractivity contribution in [2.45, 2.75) is 70.5 Å². The lowest BCUT2D eigenvalue weighted by atomic mass is 9.79. The van der Waals surface area contributed by atoms with Crippen LogP contribution in [0.5, 0.6) is 11.5 Å². The lowest BCUT2D eigenvalue weighted by molar-refractivity contribution is -0.228. The van der Waals surface area contributed by atoms with E-state index in [1.807, 2.05) is 0 Å². The van der Waals surface area contributed by atoms with Crippen LogP contribution in [0.4, 0.5) is 26.3 Å². The standard InChI is InChI=1S/C26H28F6O3/c1-3-5-14-6-8-15(9-7-14)24(33)35-19-13-11-17-16-10-12-18(34-4-2)22(27)20(16)25(29,30)26(31,32)21(17)23(19)28/h10-15,24,33H,3-9H2,1-2H3. The minimum atomic E-state index is -5.08. The molecule has 0 aliphatic heterocycles. The molecule has 0 amide bonds. The van der Waals surface area contributed by atoms with E-state index in [1.54, 1.807) is 0 Å². The third-order valence-electron chi connectivity index (χ3n) is 7.06. The summed E-state index contributed by atoms with van der Waals surface area (Å²) in [5, 5.41) is 10.5. The van der Waals surface area contributed by atoms with E-state index in [2.05, 4.69) is 6.92 Å². The van der Waals surface area contributed by atoms with E-state index in [-0.39, 0.29) is 12.5 Å². The number of hydrogen-bond acceptors (Lipinski definition) is 3. The topological polar surface area (TPSA) is 38.7 Å². The highest BCUT2D eigenvalue weighted by Crippen LogP contribution is 2.60. The zero-order valence-electron chi connectivity index (χ0n) is 19.5. The molecule has 1 unspecified atom stereocenters. The van der Waals surface area contributed by atoms with Gasteiger partial charge in [0.05, 0.1) is 17.7 Å². The maximum atomic E-state index is 15.3. The van der Waals surface area contributed by atoms with Gasteiger partial charge in [0.1, 0.15) is 0 Å². The first-order valence-corrected chi connectivity index (χ1v) is 11.9. The summed E-state index contributed by atoms with van der Waals surface area (Å²) in [6.07, 6.45) is 3.63. The van der Waals surface area contributed by atoms with Crippen LogP contribution in [-0.4, -0.2) is 18.0 Å². The van der Waals surface area contributed by atoms with Gasteiger partial charge in [-0.1, -0.05) is 19.8 Å². The van der Waals surface area contributed by atoms with Crippen LogP contribution in [0.2, 0.25) is 0 Å². The van der Waals surface area contributed by atoms with E-state index in [1.165, 1.54) is 6.92 Å². The molecule has 192 valence electrons. The molecule has 2 aliphatic rings. The molecular formula is C26H28F6O3. The number of benzene rings is 2. The quantitative estimate of drug-likeness (QED) is 0.314. The van der Waals surface area contributed by atoms with Crippen molar-refractivity contribution in [3.8, 4) is 22.6 Å². The van der Waals surface area contributed by atoms with Gasteiger partial charge < -0.3 is 14.6 Å². The number of aliphatic hydroxyl groups excluding tert-OH is 1. The number of fused-ring (bicyclic) bond motifs is 3. The molecule has 0 radical (unpaired) electrons. The van der Waals surface area contributed by atoms with Crippen LogP contribution in [0.1, 0.15) is 63.5 Å². The molecule has 0 spiro atoms. The Bertz CT molecular complexity index is 1080. The van der Waals surface area contributed by atoms with Gasteiger partial charge in [0, 0.05) is 5.92 Å². The molecule has 0 heterocycles. The molecule has 1 saturated carbocycles. The van der Waals surface area contributed by atoms with Gasteiger partial charge in [-0.2, -0.15) is 17.6 Å². The van der Waals surface area contributed by atoms with Gasteiger partial charge in [-0.3, -0.25) is 0 Å². The first-order chi connectivity index (χ1) is 16.5. The summed E-state index contributed by atoms with van der Waals surface area (Å²) >= 11 is 0. The molecule has 35 heavy (non-hydrogen) atoms. The van der Waals surface area contributed by atoms with Crippen molar-refractivity contribution in [3.63, 3.8) is 0 Å². The third-order valence-corrected chi connectivity index (χ3v) is 7.06. The Morgan fingerprint density at radius 3 is 1.89 bits per heavy atom. The van der Waals surface area contributed by atoms with Gasteiger partial charge in [0.2, 0.25) is 0 Å². The first-order valence-electron chi connectivity index (χ1n) is 11.9. The fraction of sp³-hybridized carbons (Fsp3) is 0.538. The van der Waals surface area contributed by atoms with Gasteiger partial charge in [-0.15, -0.1) is 0 Å². The lowest BCUT2D eigenvalue weighted by Crippen LogP contribution is -2.41. The second kappa shape index (κ2) is 9.56. The Balaban J connectivity index is 1.69. The zero-order valence-corrected chi connectivity index (χ0v) is 19.5. The number of halogens is 6. The molecule has 3 nitrogen and oxygen atoms in total. The van der Waals surface area contributed by atoms with Crippen LogP contribution < -0.4 is 9.47 Å². The number of aliphatic hydroxyl groups is 1. The first kappa shape index (κ1) is 25.7. The van der Waals surface area contributed by atoms with Crippen LogP contribution in [0, 0.1) is 23.5 Å². The van der Waals surface area contributed by atoms with Crippen molar-refractivity contribution in [1.29, 1.82) is 0 Å². The Labute approximate surface area is 200 Å². The number of ether oxygens (including phenoxy) is 2. The molecule has 2 aromatic carbocycles. The normalized spacial score (nSPS) is 23.2. The van der Waals surface area contributed by atoms with E-state index in [0.717, 1.165) is 49.9 Å². The van der Waals surface area contributed by atoms with Crippen molar-refractivity contribution in [2.24, 2.45) is 11.8 Å². The molecular weight excluding hydrogens is 474 g/mol. The summed E-state index contributed by atoms with van der Waals surface area (Å²) < 4.78 is 101. The van der Waals surface area contributed by atoms with E-state index in [9.17, 15) is 18.3 Å². The number of hydrogen-bond donors (Lipinski definition) is 1. The average Bonchev–Trinajstić information content (AvgIpc) is 2.81. The fourth-order valence-corrected chi connectivity index (χ4v) is 5.25. The summed E-state index contributed by atoms with van der Waals surface area (Å²) in [7, 11) is 0. The van der Waals surface area contributed by atoms with Gasteiger partial charge in [0.15, 0.2) is 29.4 Å². The molecule has 1 atom stereocenters. The van der Waals surface area contributed by atoms with E-state index in [0.29, 0.717) is 18.8 Å². The summed E-state index contributed by atoms with van der Waals surface area (Å²) in [6, 6.07) is 4.04. The molecule has 0 aromatic heterocycles. The van der Waals surface area contributed by atoms with E-state index < -0.39 is 63.5 Å². The minimum Gasteiger partial charge on any atom is -0.491 e. The van der Waals surface area contributed by atoms with Gasteiger partial charge >= 0.3 is 11.8 Å². The summed E-state index contributed by atoms with van der Waals surface area (Å²) in [6.45, 7) is 3.52. The predicted molar refractivity (Wildman–Crippen MR) is 118 cm³/mol. The highest BCUT2D eigenvalue weighted by molar-refractivity contribution is 5.78. The van der Waals surface area contributed by atoms with Crippen LogP contribution in [0.15, 0.2) is 24.3 Å². The van der Waals surface area contributed by atoms with Crippen LogP contribution in [0.3, 0.4) is 0 Å². The van der Waals surface area contributed by atoms with Crippen molar-refractivity contribution in [3.05, 3.63) is 47.0 Å². The van der Waals surface area contributed by atoms with Gasteiger partial charge in [-0.25, -0.2) is 8.78 Å². The third kappa shape index (κ3) is 4.26. The van der Waals surface area contributed by atoms with E-state index >= 15 is 13.2 Å².